The van der Waals surface area contributed by atoms with Crippen LogP contribution < -0.4 is 4.72 Å². The Morgan fingerprint density at radius 3 is 2.67 bits per heavy atom. The van der Waals surface area contributed by atoms with Gasteiger partial charge in [0.2, 0.25) is 10.0 Å². The van der Waals surface area contributed by atoms with Gasteiger partial charge in [-0.15, -0.1) is 5.10 Å². The number of benzene rings is 1. The topological polar surface area (TPSA) is 116 Å². The number of unbranched alkanes of at least 4 members (excludes halogenated alkanes) is 1. The average Bonchev–Trinajstić information content (AvgIpc) is 3.05. The van der Waals surface area contributed by atoms with Crippen molar-refractivity contribution in [2.45, 2.75) is 44.2 Å². The highest BCUT2D eigenvalue weighted by Gasteiger charge is 2.21. The van der Waals surface area contributed by atoms with Crippen molar-refractivity contribution >= 4 is 39.2 Å². The first kappa shape index (κ1) is 21.5. The van der Waals surface area contributed by atoms with Crippen molar-refractivity contribution in [2.75, 3.05) is 6.54 Å². The van der Waals surface area contributed by atoms with Gasteiger partial charge < -0.3 is 4.74 Å². The normalized spacial score (nSPS) is 11.5. The van der Waals surface area contributed by atoms with E-state index in [2.05, 4.69) is 20.2 Å². The van der Waals surface area contributed by atoms with E-state index in [1.807, 2.05) is 6.92 Å². The molecule has 0 aliphatic rings. The number of carbonyl (C=O) groups is 1. The molecule has 0 radical (unpaired) electrons. The summed E-state index contributed by atoms with van der Waals surface area (Å²) in [4.78, 5) is 11.6. The summed E-state index contributed by atoms with van der Waals surface area (Å²) in [5.41, 5.74) is 0. The molecule has 0 amide bonds. The van der Waals surface area contributed by atoms with Crippen LogP contribution in [-0.2, 0) is 32.7 Å². The van der Waals surface area contributed by atoms with Gasteiger partial charge in [-0.2, -0.15) is 0 Å². The fraction of sp³-hybridized carbons (Fsp3) is 0.467. The number of nitrogens with one attached hydrogen (secondary N) is 1. The number of esters is 1. The number of halogens is 2. The fourth-order valence-electron chi connectivity index (χ4n) is 2.12. The third kappa shape index (κ3) is 6.13. The summed E-state index contributed by atoms with van der Waals surface area (Å²) in [5.74, 6) is -0.159. The van der Waals surface area contributed by atoms with E-state index in [1.165, 1.54) is 18.2 Å². The largest absolute Gasteiger partial charge is 0.457 e. The van der Waals surface area contributed by atoms with Gasteiger partial charge in [-0.1, -0.05) is 42.6 Å². The van der Waals surface area contributed by atoms with Gasteiger partial charge in [0.05, 0.1) is 16.5 Å². The molecule has 27 heavy (non-hydrogen) atoms. The number of nitrogens with zero attached hydrogens (tertiary/aromatic N) is 4. The van der Waals surface area contributed by atoms with Crippen molar-refractivity contribution in [3.05, 3.63) is 34.1 Å². The zero-order chi connectivity index (χ0) is 19.9. The Morgan fingerprint density at radius 2 is 2.00 bits per heavy atom. The molecule has 148 valence electrons. The van der Waals surface area contributed by atoms with Crippen molar-refractivity contribution in [1.29, 1.82) is 0 Å². The smallest absolute Gasteiger partial charge is 0.307 e. The Labute approximate surface area is 167 Å². The molecule has 1 aromatic carbocycles. The molecule has 1 aromatic heterocycles. The number of aryl methyl sites for hydroxylation is 1. The number of hydrogen-bond donors (Lipinski definition) is 1. The second kappa shape index (κ2) is 9.98. The van der Waals surface area contributed by atoms with Crippen LogP contribution in [0.25, 0.3) is 0 Å². The summed E-state index contributed by atoms with van der Waals surface area (Å²) in [6.07, 6.45) is 1.71. The monoisotopic (exact) mass is 435 g/mol. The summed E-state index contributed by atoms with van der Waals surface area (Å²) >= 11 is 11.8. The van der Waals surface area contributed by atoms with Crippen molar-refractivity contribution in [3.63, 3.8) is 0 Å². The van der Waals surface area contributed by atoms with Gasteiger partial charge in [0.1, 0.15) is 4.90 Å². The second-order valence-electron chi connectivity index (χ2n) is 5.53. The maximum absolute atomic E-state index is 12.3. The minimum atomic E-state index is -3.95. The Bertz CT molecular complexity index is 868. The summed E-state index contributed by atoms with van der Waals surface area (Å²) in [5, 5.41) is 11.2. The number of hydrogen-bond acceptors (Lipinski definition) is 7. The van der Waals surface area contributed by atoms with E-state index < -0.39 is 16.0 Å². The maximum Gasteiger partial charge on any atom is 0.307 e. The van der Waals surface area contributed by atoms with Gasteiger partial charge >= 0.3 is 5.97 Å². The van der Waals surface area contributed by atoms with E-state index in [0.29, 0.717) is 12.4 Å². The molecule has 1 heterocycles. The van der Waals surface area contributed by atoms with Gasteiger partial charge in [-0.25, -0.2) is 17.8 Å². The van der Waals surface area contributed by atoms with Crippen LogP contribution in [0.4, 0.5) is 0 Å². The molecule has 0 bridgehead atoms. The number of aromatic nitrogens is 4. The van der Waals surface area contributed by atoms with E-state index in [1.54, 1.807) is 4.68 Å². The third-order valence-corrected chi connectivity index (χ3v) is 5.92. The first-order valence-electron chi connectivity index (χ1n) is 8.19. The zero-order valence-corrected chi connectivity index (χ0v) is 16.9. The van der Waals surface area contributed by atoms with Crippen molar-refractivity contribution in [3.8, 4) is 0 Å². The van der Waals surface area contributed by atoms with Crippen LogP contribution in [0.15, 0.2) is 23.1 Å². The molecule has 0 aliphatic carbocycles. The zero-order valence-electron chi connectivity index (χ0n) is 14.6. The van der Waals surface area contributed by atoms with Crippen LogP contribution >= 0.6 is 23.2 Å². The summed E-state index contributed by atoms with van der Waals surface area (Å²) in [6, 6.07) is 4.37. The Hall–Kier alpha value is -1.75. The Balaban J connectivity index is 1.83. The Morgan fingerprint density at radius 1 is 1.30 bits per heavy atom. The third-order valence-electron chi connectivity index (χ3n) is 3.50. The molecule has 9 nitrogen and oxygen atoms in total. The second-order valence-corrected chi connectivity index (χ2v) is 8.05. The number of tetrazole rings is 1. The van der Waals surface area contributed by atoms with E-state index >= 15 is 0 Å². The van der Waals surface area contributed by atoms with Gasteiger partial charge in [0, 0.05) is 13.1 Å². The summed E-state index contributed by atoms with van der Waals surface area (Å²) < 4.78 is 33.5. The summed E-state index contributed by atoms with van der Waals surface area (Å²) in [6.45, 7) is 2.43. The average molecular weight is 436 g/mol. The van der Waals surface area contributed by atoms with Crippen LogP contribution in [0.3, 0.4) is 0 Å². The lowest BCUT2D eigenvalue weighted by molar-refractivity contribution is -0.145. The fourth-order valence-corrected chi connectivity index (χ4v) is 4.30. The molecule has 0 saturated heterocycles. The number of ether oxygens (including phenoxy) is 1. The Kier molecular flexibility index (Phi) is 7.96. The van der Waals surface area contributed by atoms with Crippen LogP contribution in [0.2, 0.25) is 10.0 Å². The molecule has 0 unspecified atom stereocenters. The SMILES string of the molecule is CCCCn1nnnc1COC(=O)CCNS(=O)(=O)c1c(Cl)cccc1Cl. The molecular weight excluding hydrogens is 417 g/mol. The van der Waals surface area contributed by atoms with Gasteiger partial charge in [-0.3, -0.25) is 4.79 Å². The van der Waals surface area contributed by atoms with Crippen LogP contribution in [0, 0.1) is 0 Å². The minimum absolute atomic E-state index is 0.00325. The standard InChI is InChI=1S/C15H19Cl2N5O4S/c1-2-3-9-22-13(19-20-21-22)10-26-14(23)7-8-18-27(24,25)15-11(16)5-4-6-12(15)17/h4-6,18H,2-3,7-10H2,1H3. The number of sulfonamides is 1. The van der Waals surface area contributed by atoms with Crippen LogP contribution in [0.1, 0.15) is 32.0 Å². The lowest BCUT2D eigenvalue weighted by Crippen LogP contribution is -2.27. The van der Waals surface area contributed by atoms with E-state index in [-0.39, 0.29) is 34.5 Å². The van der Waals surface area contributed by atoms with E-state index in [4.69, 9.17) is 27.9 Å². The molecule has 2 aromatic rings. The first-order chi connectivity index (χ1) is 12.8. The van der Waals surface area contributed by atoms with Crippen LogP contribution in [-0.4, -0.2) is 41.1 Å². The summed E-state index contributed by atoms with van der Waals surface area (Å²) in [7, 11) is -3.95. The lowest BCUT2D eigenvalue weighted by Gasteiger charge is -2.10. The number of carbonyl (C=O) groups excluding carboxylic acids is 1. The first-order valence-corrected chi connectivity index (χ1v) is 10.4. The molecule has 12 heteroatoms. The minimum Gasteiger partial charge on any atom is -0.457 e. The van der Waals surface area contributed by atoms with Gasteiger partial charge in [0.25, 0.3) is 0 Å². The molecule has 0 aliphatic heterocycles. The predicted octanol–water partition coefficient (Wildman–Crippen LogP) is 2.19. The highest BCUT2D eigenvalue weighted by Crippen LogP contribution is 2.28. The molecular formula is C15H19Cl2N5O4S. The van der Waals surface area contributed by atoms with Crippen LogP contribution in [0.5, 0.6) is 0 Å². The van der Waals surface area contributed by atoms with Gasteiger partial charge in [0.15, 0.2) is 12.4 Å². The van der Waals surface area contributed by atoms with Crippen molar-refractivity contribution in [1.82, 2.24) is 24.9 Å². The number of rotatable bonds is 10. The van der Waals surface area contributed by atoms with Gasteiger partial charge in [-0.05, 0) is 29.0 Å². The van der Waals surface area contributed by atoms with Crippen molar-refractivity contribution < 1.29 is 17.9 Å². The molecule has 0 atom stereocenters. The van der Waals surface area contributed by atoms with E-state index in [0.717, 1.165) is 12.8 Å². The quantitative estimate of drug-likeness (QED) is 0.568. The lowest BCUT2D eigenvalue weighted by atomic mass is 10.3. The predicted molar refractivity (Wildman–Crippen MR) is 98.8 cm³/mol. The van der Waals surface area contributed by atoms with Crippen molar-refractivity contribution in [2.24, 2.45) is 0 Å². The molecule has 1 N–H and O–H groups in total. The molecule has 0 saturated carbocycles. The maximum atomic E-state index is 12.3. The molecule has 2 rings (SSSR count). The highest BCUT2D eigenvalue weighted by atomic mass is 35.5. The molecule has 0 spiro atoms. The molecule has 0 fully saturated rings. The van der Waals surface area contributed by atoms with E-state index in [9.17, 15) is 13.2 Å². The highest BCUT2D eigenvalue weighted by molar-refractivity contribution is 7.89.